The van der Waals surface area contributed by atoms with Crippen LogP contribution in [0.2, 0.25) is 0 Å². The lowest BCUT2D eigenvalue weighted by atomic mass is 9.86. The normalized spacial score (nSPS) is 20.7. The maximum absolute atomic E-state index is 12.8. The van der Waals surface area contributed by atoms with Gasteiger partial charge in [0.2, 0.25) is 5.91 Å². The van der Waals surface area contributed by atoms with Gasteiger partial charge in [0.05, 0.1) is 0 Å². The van der Waals surface area contributed by atoms with E-state index in [4.69, 9.17) is 0 Å². The number of benzene rings is 1. The van der Waals surface area contributed by atoms with Gasteiger partial charge in [-0.1, -0.05) is 24.3 Å². The largest absolute Gasteiger partial charge is 0.354 e. The summed E-state index contributed by atoms with van der Waals surface area (Å²) in [7, 11) is 0. The van der Waals surface area contributed by atoms with Crippen LogP contribution >= 0.6 is 0 Å². The molecule has 0 bridgehead atoms. The molecular formula is C21H27NO3. The van der Waals surface area contributed by atoms with Crippen LogP contribution in [-0.2, 0) is 14.4 Å². The highest BCUT2D eigenvalue weighted by Crippen LogP contribution is 2.37. The van der Waals surface area contributed by atoms with Crippen LogP contribution in [-0.4, -0.2) is 23.5 Å². The van der Waals surface area contributed by atoms with E-state index in [0.29, 0.717) is 0 Å². The number of Topliss-reactive ketones (excluding diaryl/α,β-unsaturated/α-hetero) is 2. The molecule has 1 N–H and O–H groups in total. The average molecular weight is 341 g/mol. The molecule has 2 unspecified atom stereocenters. The predicted octanol–water partition coefficient (Wildman–Crippen LogP) is 3.49. The van der Waals surface area contributed by atoms with Crippen molar-refractivity contribution < 1.29 is 14.4 Å². The van der Waals surface area contributed by atoms with Crippen molar-refractivity contribution in [1.82, 2.24) is 5.32 Å². The number of nitrogens with one attached hydrogen (secondary N) is 1. The third-order valence-corrected chi connectivity index (χ3v) is 4.60. The maximum Gasteiger partial charge on any atom is 0.220 e. The Balaban J connectivity index is 2.27. The highest BCUT2D eigenvalue weighted by atomic mass is 16.2. The summed E-state index contributed by atoms with van der Waals surface area (Å²) in [4.78, 5) is 37.4. The number of ketones is 2. The van der Waals surface area contributed by atoms with Gasteiger partial charge in [0.25, 0.3) is 0 Å². The zero-order chi connectivity index (χ0) is 18.7. The van der Waals surface area contributed by atoms with Crippen LogP contribution < -0.4 is 5.32 Å². The predicted molar refractivity (Wildman–Crippen MR) is 99.4 cm³/mol. The number of hydrogen-bond acceptors (Lipinski definition) is 3. The number of rotatable bonds is 5. The molecule has 0 heterocycles. The second kappa shape index (κ2) is 7.77. The summed E-state index contributed by atoms with van der Waals surface area (Å²) in [5, 5.41) is 2.79. The first-order valence-corrected chi connectivity index (χ1v) is 8.84. The molecule has 2 rings (SSSR count). The summed E-state index contributed by atoms with van der Waals surface area (Å²) in [6.07, 6.45) is 4.21. The lowest BCUT2D eigenvalue weighted by Gasteiger charge is -2.17. The van der Waals surface area contributed by atoms with Crippen molar-refractivity contribution in [2.75, 3.05) is 0 Å². The van der Waals surface area contributed by atoms with Gasteiger partial charge in [0.15, 0.2) is 5.78 Å². The van der Waals surface area contributed by atoms with Gasteiger partial charge in [-0.25, -0.2) is 0 Å². The van der Waals surface area contributed by atoms with Crippen LogP contribution in [0.4, 0.5) is 0 Å². The van der Waals surface area contributed by atoms with E-state index < -0.39 is 11.8 Å². The van der Waals surface area contributed by atoms with Gasteiger partial charge in [-0.3, -0.25) is 14.4 Å². The van der Waals surface area contributed by atoms with Gasteiger partial charge in [-0.05, 0) is 56.9 Å². The summed E-state index contributed by atoms with van der Waals surface area (Å²) < 4.78 is 0. The number of hydrogen-bond donors (Lipinski definition) is 1. The zero-order valence-electron chi connectivity index (χ0n) is 15.7. The molecule has 1 fully saturated rings. The fraction of sp³-hybridized carbons (Fsp3) is 0.476. The van der Waals surface area contributed by atoms with E-state index in [1.165, 1.54) is 0 Å². The summed E-state index contributed by atoms with van der Waals surface area (Å²) in [6.45, 7) is 9.58. The summed E-state index contributed by atoms with van der Waals surface area (Å²) in [6, 6.07) is 4.03. The molecule has 0 spiro atoms. The standard InChI is InChI=1S/C21H27NO3/c1-6-7-15-8-13(4)19(14(5)9-15)20-17(23)10-16(21(20)25)11-18(24)22-12(2)3/h6-9,12,16,20H,10-11H2,1-5H3,(H,22,24)/b7-6+. The highest BCUT2D eigenvalue weighted by molar-refractivity contribution is 6.15. The first-order valence-electron chi connectivity index (χ1n) is 8.84. The minimum Gasteiger partial charge on any atom is -0.354 e. The first kappa shape index (κ1) is 19.1. The van der Waals surface area contributed by atoms with Crippen molar-refractivity contribution in [1.29, 1.82) is 0 Å². The van der Waals surface area contributed by atoms with E-state index in [9.17, 15) is 14.4 Å². The average Bonchev–Trinajstić information content (AvgIpc) is 2.73. The van der Waals surface area contributed by atoms with Crippen LogP contribution in [0.5, 0.6) is 0 Å². The van der Waals surface area contributed by atoms with Crippen molar-refractivity contribution in [2.24, 2.45) is 5.92 Å². The van der Waals surface area contributed by atoms with Gasteiger partial charge < -0.3 is 5.32 Å². The Labute approximate surface area is 149 Å². The van der Waals surface area contributed by atoms with E-state index >= 15 is 0 Å². The van der Waals surface area contributed by atoms with E-state index in [-0.39, 0.29) is 36.4 Å². The van der Waals surface area contributed by atoms with Crippen molar-refractivity contribution >= 4 is 23.5 Å². The zero-order valence-corrected chi connectivity index (χ0v) is 15.7. The molecule has 0 saturated heterocycles. The number of carbonyl (C=O) groups is 3. The van der Waals surface area contributed by atoms with Crippen LogP contribution in [0.1, 0.15) is 61.8 Å². The van der Waals surface area contributed by atoms with Gasteiger partial charge in [0, 0.05) is 24.8 Å². The number of carbonyl (C=O) groups excluding carboxylic acids is 3. The van der Waals surface area contributed by atoms with Crippen molar-refractivity contribution in [3.05, 3.63) is 40.5 Å². The fourth-order valence-electron chi connectivity index (χ4n) is 3.69. The molecule has 0 aliphatic heterocycles. The van der Waals surface area contributed by atoms with Crippen molar-refractivity contribution in [3.8, 4) is 0 Å². The Kier molecular flexibility index (Phi) is 5.93. The second-order valence-corrected chi connectivity index (χ2v) is 7.20. The van der Waals surface area contributed by atoms with Gasteiger partial charge in [0.1, 0.15) is 11.7 Å². The minimum atomic E-state index is -0.725. The lowest BCUT2D eigenvalue weighted by Crippen LogP contribution is -2.32. The Bertz CT molecular complexity index is 708. The SMILES string of the molecule is C/C=C/c1cc(C)c(C2C(=O)CC(CC(=O)NC(C)C)C2=O)c(C)c1. The molecule has 1 aliphatic carbocycles. The molecule has 4 heteroatoms. The van der Waals surface area contributed by atoms with E-state index in [2.05, 4.69) is 5.32 Å². The third-order valence-electron chi connectivity index (χ3n) is 4.60. The Hall–Kier alpha value is -2.23. The maximum atomic E-state index is 12.8. The lowest BCUT2D eigenvalue weighted by molar-refractivity contribution is -0.128. The Morgan fingerprint density at radius 1 is 1.24 bits per heavy atom. The molecule has 25 heavy (non-hydrogen) atoms. The summed E-state index contributed by atoms with van der Waals surface area (Å²) in [5.41, 5.74) is 3.78. The fourth-order valence-corrected chi connectivity index (χ4v) is 3.69. The molecule has 4 nitrogen and oxygen atoms in total. The number of allylic oxidation sites excluding steroid dienone is 1. The molecule has 134 valence electrons. The van der Waals surface area contributed by atoms with Gasteiger partial charge in [-0.15, -0.1) is 0 Å². The van der Waals surface area contributed by atoms with E-state index in [1.54, 1.807) is 0 Å². The second-order valence-electron chi connectivity index (χ2n) is 7.20. The summed E-state index contributed by atoms with van der Waals surface area (Å²) in [5.74, 6) is -1.59. The quantitative estimate of drug-likeness (QED) is 0.834. The molecule has 0 radical (unpaired) electrons. The Morgan fingerprint density at radius 3 is 2.36 bits per heavy atom. The molecule has 0 aromatic heterocycles. The number of amides is 1. The van der Waals surface area contributed by atoms with Crippen LogP contribution in [0.25, 0.3) is 6.08 Å². The molecule has 1 saturated carbocycles. The number of aryl methyl sites for hydroxylation is 2. The van der Waals surface area contributed by atoms with Crippen molar-refractivity contribution in [3.63, 3.8) is 0 Å². The van der Waals surface area contributed by atoms with Crippen LogP contribution in [0.3, 0.4) is 0 Å². The van der Waals surface area contributed by atoms with Gasteiger partial charge >= 0.3 is 0 Å². The van der Waals surface area contributed by atoms with E-state index in [0.717, 1.165) is 22.3 Å². The monoisotopic (exact) mass is 341 g/mol. The molecule has 1 aliphatic rings. The van der Waals surface area contributed by atoms with Crippen molar-refractivity contribution in [2.45, 2.75) is 59.4 Å². The minimum absolute atomic E-state index is 0.0270. The summed E-state index contributed by atoms with van der Waals surface area (Å²) >= 11 is 0. The molecule has 1 amide bonds. The first-order chi connectivity index (χ1) is 11.7. The highest BCUT2D eigenvalue weighted by Gasteiger charge is 2.43. The smallest absolute Gasteiger partial charge is 0.220 e. The third kappa shape index (κ3) is 4.25. The van der Waals surface area contributed by atoms with E-state index in [1.807, 2.05) is 58.9 Å². The Morgan fingerprint density at radius 2 is 1.84 bits per heavy atom. The molecule has 1 aromatic rings. The van der Waals surface area contributed by atoms with Crippen LogP contribution in [0.15, 0.2) is 18.2 Å². The molecular weight excluding hydrogens is 314 g/mol. The molecule has 2 atom stereocenters. The van der Waals surface area contributed by atoms with Crippen LogP contribution in [0, 0.1) is 19.8 Å². The topological polar surface area (TPSA) is 63.2 Å². The van der Waals surface area contributed by atoms with Gasteiger partial charge in [-0.2, -0.15) is 0 Å². The molecule has 1 aromatic carbocycles.